The number of nitrogens with zero attached hydrogens (tertiary/aromatic N) is 2. The van der Waals surface area contributed by atoms with E-state index in [2.05, 4.69) is 4.98 Å². The molecule has 146 valence electrons. The summed E-state index contributed by atoms with van der Waals surface area (Å²) in [7, 11) is 0. The van der Waals surface area contributed by atoms with Crippen LogP contribution in [0.2, 0.25) is 0 Å². The van der Waals surface area contributed by atoms with Crippen LogP contribution in [0.1, 0.15) is 17.7 Å². The summed E-state index contributed by atoms with van der Waals surface area (Å²) in [6.45, 7) is 1.78. The molecule has 2 N–H and O–H groups in total. The number of oxazole rings is 1. The van der Waals surface area contributed by atoms with E-state index in [1.807, 2.05) is 52.7 Å². The molecule has 0 aliphatic rings. The molecule has 3 aromatic rings. The maximum absolute atomic E-state index is 12.7. The first-order valence-corrected chi connectivity index (χ1v) is 9.14. The predicted octanol–water partition coefficient (Wildman–Crippen LogP) is 4.17. The Bertz CT molecular complexity index is 794. The zero-order chi connectivity index (χ0) is 17.5. The molecule has 1 amide bonds. The molecule has 0 radical (unpaired) electrons. The van der Waals surface area contributed by atoms with Gasteiger partial charge in [0, 0.05) is 13.1 Å². The molecule has 27 heavy (non-hydrogen) atoms. The lowest BCUT2D eigenvalue weighted by Crippen LogP contribution is -2.33. The first kappa shape index (κ1) is 23.2. The fourth-order valence-corrected chi connectivity index (χ4v) is 3.20. The highest BCUT2D eigenvalue weighted by Gasteiger charge is 2.17. The third-order valence-corrected chi connectivity index (χ3v) is 4.68. The molecule has 0 aliphatic carbocycles. The Labute approximate surface area is 175 Å². The van der Waals surface area contributed by atoms with E-state index in [-0.39, 0.29) is 37.1 Å². The van der Waals surface area contributed by atoms with Crippen molar-refractivity contribution in [3.8, 4) is 10.8 Å². The van der Waals surface area contributed by atoms with E-state index in [1.54, 1.807) is 17.6 Å². The first-order chi connectivity index (χ1) is 12.3. The fourth-order valence-electron chi connectivity index (χ4n) is 2.55. The Morgan fingerprint density at radius 3 is 2.59 bits per heavy atom. The van der Waals surface area contributed by atoms with Crippen molar-refractivity contribution in [3.05, 3.63) is 65.4 Å². The Kier molecular flexibility index (Phi) is 10.1. The molecule has 0 atom stereocenters. The van der Waals surface area contributed by atoms with E-state index in [0.717, 1.165) is 16.9 Å². The third kappa shape index (κ3) is 6.66. The lowest BCUT2D eigenvalue weighted by atomic mass is 10.2. The molecule has 0 saturated heterocycles. The molecule has 0 aliphatic heterocycles. The Balaban J connectivity index is 0.00000182. The van der Waals surface area contributed by atoms with Gasteiger partial charge in [-0.1, -0.05) is 36.4 Å². The van der Waals surface area contributed by atoms with Crippen molar-refractivity contribution < 1.29 is 9.21 Å². The number of rotatable bonds is 8. The van der Waals surface area contributed by atoms with Gasteiger partial charge in [0.1, 0.15) is 6.26 Å². The standard InChI is InChI=1S/C19H21N3O2S.2ClH/c20-9-5-10-22(13-15-6-2-1-3-7-15)18(23)12-16-14-24-19(21-16)17-8-4-11-25-17;;/h1-4,6-8,11,14H,5,9-10,12-13,20H2;2*1H. The number of nitrogens with two attached hydrogens (primary N) is 1. The van der Waals surface area contributed by atoms with Crippen molar-refractivity contribution >= 4 is 42.1 Å². The molecule has 8 heteroatoms. The van der Waals surface area contributed by atoms with Gasteiger partial charge in [0.15, 0.2) is 0 Å². The lowest BCUT2D eigenvalue weighted by Gasteiger charge is -2.22. The molecule has 0 unspecified atom stereocenters. The van der Waals surface area contributed by atoms with Crippen LogP contribution < -0.4 is 5.73 Å². The molecule has 5 nitrogen and oxygen atoms in total. The van der Waals surface area contributed by atoms with Crippen molar-refractivity contribution in [2.75, 3.05) is 13.1 Å². The van der Waals surface area contributed by atoms with Crippen LogP contribution in [0.3, 0.4) is 0 Å². The number of benzene rings is 1. The lowest BCUT2D eigenvalue weighted by molar-refractivity contribution is -0.131. The van der Waals surface area contributed by atoms with Gasteiger partial charge in [-0.25, -0.2) is 4.98 Å². The fraction of sp³-hybridized carbons (Fsp3) is 0.263. The largest absolute Gasteiger partial charge is 0.444 e. The predicted molar refractivity (Wildman–Crippen MR) is 114 cm³/mol. The van der Waals surface area contributed by atoms with Crippen LogP contribution in [0.4, 0.5) is 0 Å². The highest BCUT2D eigenvalue weighted by molar-refractivity contribution is 7.13. The molecule has 0 spiro atoms. The van der Waals surface area contributed by atoms with Crippen molar-refractivity contribution in [2.45, 2.75) is 19.4 Å². The number of aromatic nitrogens is 1. The van der Waals surface area contributed by atoms with Gasteiger partial charge in [0.2, 0.25) is 11.8 Å². The average Bonchev–Trinajstić information content (AvgIpc) is 3.31. The quantitative estimate of drug-likeness (QED) is 0.585. The SMILES string of the molecule is Cl.Cl.NCCCN(Cc1ccccc1)C(=O)Cc1coc(-c2cccs2)n1. The number of halogens is 2. The molecule has 1 aromatic carbocycles. The summed E-state index contributed by atoms with van der Waals surface area (Å²) >= 11 is 1.56. The Hall–Kier alpha value is -1.86. The van der Waals surface area contributed by atoms with E-state index in [9.17, 15) is 4.79 Å². The van der Waals surface area contributed by atoms with Crippen LogP contribution in [0.5, 0.6) is 0 Å². The highest BCUT2D eigenvalue weighted by Crippen LogP contribution is 2.24. The maximum atomic E-state index is 12.7. The molecule has 2 heterocycles. The zero-order valence-electron chi connectivity index (χ0n) is 14.7. The van der Waals surface area contributed by atoms with Gasteiger partial charge in [-0.2, -0.15) is 0 Å². The number of amides is 1. The second-order valence-electron chi connectivity index (χ2n) is 5.74. The highest BCUT2D eigenvalue weighted by atomic mass is 35.5. The second kappa shape index (κ2) is 11.8. The van der Waals surface area contributed by atoms with Gasteiger partial charge >= 0.3 is 0 Å². The zero-order valence-corrected chi connectivity index (χ0v) is 17.2. The summed E-state index contributed by atoms with van der Waals surface area (Å²) in [5.74, 6) is 0.595. The summed E-state index contributed by atoms with van der Waals surface area (Å²) < 4.78 is 5.50. The van der Waals surface area contributed by atoms with Gasteiger partial charge < -0.3 is 15.1 Å². The van der Waals surface area contributed by atoms with Crippen LogP contribution >= 0.6 is 36.2 Å². The minimum Gasteiger partial charge on any atom is -0.444 e. The summed E-state index contributed by atoms with van der Waals surface area (Å²) in [5, 5.41) is 1.97. The van der Waals surface area contributed by atoms with Crippen molar-refractivity contribution in [2.24, 2.45) is 5.73 Å². The monoisotopic (exact) mass is 427 g/mol. The van der Waals surface area contributed by atoms with Crippen molar-refractivity contribution in [3.63, 3.8) is 0 Å². The van der Waals surface area contributed by atoms with Gasteiger partial charge in [-0.3, -0.25) is 4.79 Å². The van der Waals surface area contributed by atoms with Gasteiger partial charge in [-0.05, 0) is 30.0 Å². The van der Waals surface area contributed by atoms with Gasteiger partial charge in [0.25, 0.3) is 0 Å². The molecular weight excluding hydrogens is 405 g/mol. The first-order valence-electron chi connectivity index (χ1n) is 8.26. The Morgan fingerprint density at radius 1 is 1.15 bits per heavy atom. The number of thiophene rings is 1. The van der Waals surface area contributed by atoms with E-state index >= 15 is 0 Å². The van der Waals surface area contributed by atoms with Crippen LogP contribution in [0, 0.1) is 0 Å². The number of carbonyl (C=O) groups is 1. The molecule has 2 aromatic heterocycles. The van der Waals surface area contributed by atoms with Crippen LogP contribution in [-0.4, -0.2) is 28.9 Å². The summed E-state index contributed by atoms with van der Waals surface area (Å²) in [5.41, 5.74) is 7.37. The van der Waals surface area contributed by atoms with Crippen LogP contribution in [0.25, 0.3) is 10.8 Å². The van der Waals surface area contributed by atoms with E-state index < -0.39 is 0 Å². The normalized spacial score (nSPS) is 9.96. The minimum absolute atomic E-state index is 0. The van der Waals surface area contributed by atoms with Crippen molar-refractivity contribution in [1.82, 2.24) is 9.88 Å². The number of carbonyl (C=O) groups excluding carboxylic acids is 1. The minimum atomic E-state index is 0. The third-order valence-electron chi connectivity index (χ3n) is 3.82. The molecule has 3 rings (SSSR count). The molecule has 0 fully saturated rings. The van der Waals surface area contributed by atoms with E-state index in [4.69, 9.17) is 10.2 Å². The van der Waals surface area contributed by atoms with Crippen LogP contribution in [0.15, 0.2) is 58.5 Å². The maximum Gasteiger partial charge on any atom is 0.236 e. The van der Waals surface area contributed by atoms with Crippen LogP contribution in [-0.2, 0) is 17.8 Å². The number of hydrogen-bond donors (Lipinski definition) is 1. The molecule has 0 saturated carbocycles. The van der Waals surface area contributed by atoms with E-state index in [1.165, 1.54) is 0 Å². The second-order valence-corrected chi connectivity index (χ2v) is 6.69. The van der Waals surface area contributed by atoms with Crippen molar-refractivity contribution in [1.29, 1.82) is 0 Å². The topological polar surface area (TPSA) is 72.4 Å². The Morgan fingerprint density at radius 2 is 1.93 bits per heavy atom. The van der Waals surface area contributed by atoms with Gasteiger partial charge in [-0.15, -0.1) is 36.2 Å². The van der Waals surface area contributed by atoms with E-state index in [0.29, 0.717) is 31.2 Å². The summed E-state index contributed by atoms with van der Waals surface area (Å²) in [4.78, 5) is 20.0. The number of hydrogen-bond acceptors (Lipinski definition) is 5. The molecular formula is C19H23Cl2N3O2S. The smallest absolute Gasteiger partial charge is 0.236 e. The summed E-state index contributed by atoms with van der Waals surface area (Å²) in [6, 6.07) is 13.9. The summed E-state index contributed by atoms with van der Waals surface area (Å²) in [6.07, 6.45) is 2.57. The van der Waals surface area contributed by atoms with Gasteiger partial charge in [0.05, 0.1) is 17.0 Å². The molecule has 0 bridgehead atoms. The average molecular weight is 428 g/mol.